The van der Waals surface area contributed by atoms with Crippen molar-refractivity contribution in [3.63, 3.8) is 0 Å². The number of nitrogens with one attached hydrogen (secondary N) is 1. The smallest absolute Gasteiger partial charge is 0.395 e. The molecule has 0 radical (unpaired) electrons. The molecule has 0 spiro atoms. The Kier molecular flexibility index (Phi) is 6.59. The first-order chi connectivity index (χ1) is 14.2. The molecule has 2 aromatic carbocycles. The van der Waals surface area contributed by atoms with E-state index in [2.05, 4.69) is 5.32 Å². The largest absolute Gasteiger partial charge is 0.416 e. The van der Waals surface area contributed by atoms with Gasteiger partial charge in [0.2, 0.25) is 0 Å². The topological polar surface area (TPSA) is 69.6 Å². The molecule has 30 heavy (non-hydrogen) atoms. The molecule has 3 rings (SSSR count). The van der Waals surface area contributed by atoms with Gasteiger partial charge in [-0.05, 0) is 48.0 Å². The summed E-state index contributed by atoms with van der Waals surface area (Å²) in [4.78, 5) is 26.1. The van der Waals surface area contributed by atoms with E-state index in [-0.39, 0.29) is 29.1 Å². The summed E-state index contributed by atoms with van der Waals surface area (Å²) < 4.78 is 38.4. The minimum Gasteiger partial charge on any atom is -0.395 e. The maximum absolute atomic E-state index is 12.7. The number of thiocarbonyl (C=S) groups is 1. The van der Waals surface area contributed by atoms with E-state index in [1.807, 2.05) is 0 Å². The van der Waals surface area contributed by atoms with Crippen molar-refractivity contribution in [3.05, 3.63) is 70.1 Å². The summed E-state index contributed by atoms with van der Waals surface area (Å²) in [7, 11) is 0. The van der Waals surface area contributed by atoms with Crippen LogP contribution in [0, 0.1) is 0 Å². The zero-order valence-electron chi connectivity index (χ0n) is 15.3. The Balaban J connectivity index is 1.77. The summed E-state index contributed by atoms with van der Waals surface area (Å²) in [5.74, 6) is -0.765. The number of anilines is 1. The Morgan fingerprint density at radius 3 is 2.33 bits per heavy atom. The van der Waals surface area contributed by atoms with Gasteiger partial charge >= 0.3 is 6.18 Å². The van der Waals surface area contributed by atoms with Gasteiger partial charge in [0.25, 0.3) is 11.8 Å². The molecule has 2 N–H and O–H groups in total. The molecule has 2 amide bonds. The number of benzene rings is 2. The van der Waals surface area contributed by atoms with Crippen LogP contribution in [0.25, 0.3) is 6.08 Å². The van der Waals surface area contributed by atoms with Gasteiger partial charge in [-0.25, -0.2) is 0 Å². The number of aliphatic hydroxyl groups excluding tert-OH is 1. The third kappa shape index (κ3) is 4.89. The van der Waals surface area contributed by atoms with Crippen LogP contribution in [0.15, 0.2) is 53.4 Å². The number of aliphatic hydroxyl groups is 1. The van der Waals surface area contributed by atoms with Crippen LogP contribution in [-0.4, -0.2) is 34.4 Å². The SMILES string of the molecule is O=C(NCCO)c1ccc(/C=C2\SC(=S)N(c3ccc(C(F)(F)F)cc3)C2=O)cc1. The summed E-state index contributed by atoms with van der Waals surface area (Å²) >= 11 is 6.27. The van der Waals surface area contributed by atoms with Crippen LogP contribution in [0.2, 0.25) is 0 Å². The van der Waals surface area contributed by atoms with Crippen LogP contribution in [0.4, 0.5) is 18.9 Å². The van der Waals surface area contributed by atoms with E-state index in [1.54, 1.807) is 30.3 Å². The minimum absolute atomic E-state index is 0.146. The van der Waals surface area contributed by atoms with E-state index < -0.39 is 17.6 Å². The maximum Gasteiger partial charge on any atom is 0.416 e. The standard InChI is InChI=1S/C20H15F3N2O3S2/c21-20(22,23)14-5-7-15(8-6-14)25-18(28)16(30-19(25)29)11-12-1-3-13(4-2-12)17(27)24-9-10-26/h1-8,11,26H,9-10H2,(H,24,27)/b16-11-. The Hall–Kier alpha value is -2.69. The zero-order chi connectivity index (χ0) is 21.9. The molecule has 0 aliphatic carbocycles. The number of nitrogens with zero attached hydrogens (tertiary/aromatic N) is 1. The van der Waals surface area contributed by atoms with E-state index in [4.69, 9.17) is 17.3 Å². The number of hydrogen-bond acceptors (Lipinski definition) is 5. The average Bonchev–Trinajstić information content (AvgIpc) is 2.99. The molecule has 2 aromatic rings. The first-order valence-electron chi connectivity index (χ1n) is 8.65. The minimum atomic E-state index is -4.46. The second-order valence-electron chi connectivity index (χ2n) is 6.16. The monoisotopic (exact) mass is 452 g/mol. The van der Waals surface area contributed by atoms with E-state index >= 15 is 0 Å². The van der Waals surface area contributed by atoms with Crippen molar-refractivity contribution >= 4 is 51.9 Å². The molecule has 0 saturated carbocycles. The van der Waals surface area contributed by atoms with Gasteiger partial charge in [-0.15, -0.1) is 0 Å². The molecule has 0 aromatic heterocycles. The van der Waals surface area contributed by atoms with E-state index in [1.165, 1.54) is 17.0 Å². The van der Waals surface area contributed by atoms with Crippen LogP contribution >= 0.6 is 24.0 Å². The summed E-state index contributed by atoms with van der Waals surface area (Å²) in [5, 5.41) is 11.3. The van der Waals surface area contributed by atoms with Gasteiger partial charge < -0.3 is 10.4 Å². The number of amides is 2. The number of thioether (sulfide) groups is 1. The molecule has 1 heterocycles. The third-order valence-electron chi connectivity index (χ3n) is 4.11. The Labute approximate surface area is 179 Å². The van der Waals surface area contributed by atoms with Gasteiger partial charge in [0, 0.05) is 12.1 Å². The van der Waals surface area contributed by atoms with Crippen molar-refractivity contribution in [2.24, 2.45) is 0 Å². The number of hydrogen-bond donors (Lipinski definition) is 2. The fourth-order valence-electron chi connectivity index (χ4n) is 2.64. The van der Waals surface area contributed by atoms with Crippen LogP contribution in [0.3, 0.4) is 0 Å². The van der Waals surface area contributed by atoms with E-state index in [9.17, 15) is 22.8 Å². The molecule has 1 saturated heterocycles. The summed E-state index contributed by atoms with van der Waals surface area (Å²) in [6.45, 7) is -0.0163. The van der Waals surface area contributed by atoms with Crippen LogP contribution in [-0.2, 0) is 11.0 Å². The Morgan fingerprint density at radius 2 is 1.77 bits per heavy atom. The highest BCUT2D eigenvalue weighted by Crippen LogP contribution is 2.37. The van der Waals surface area contributed by atoms with Crippen molar-refractivity contribution in [2.75, 3.05) is 18.1 Å². The lowest BCUT2D eigenvalue weighted by atomic mass is 10.1. The van der Waals surface area contributed by atoms with E-state index in [0.717, 1.165) is 23.9 Å². The van der Waals surface area contributed by atoms with Gasteiger partial charge in [-0.1, -0.05) is 36.1 Å². The Morgan fingerprint density at radius 1 is 1.13 bits per heavy atom. The number of carbonyl (C=O) groups excluding carboxylic acids is 2. The number of carbonyl (C=O) groups is 2. The second kappa shape index (κ2) is 8.99. The van der Waals surface area contributed by atoms with Crippen molar-refractivity contribution in [2.45, 2.75) is 6.18 Å². The lowest BCUT2D eigenvalue weighted by molar-refractivity contribution is -0.137. The maximum atomic E-state index is 12.7. The van der Waals surface area contributed by atoms with E-state index in [0.29, 0.717) is 16.0 Å². The molecule has 1 aliphatic rings. The first kappa shape index (κ1) is 22.0. The van der Waals surface area contributed by atoms with Gasteiger partial charge in [0.1, 0.15) is 0 Å². The highest BCUT2D eigenvalue weighted by molar-refractivity contribution is 8.27. The molecule has 1 fully saturated rings. The van der Waals surface area contributed by atoms with Gasteiger partial charge in [-0.2, -0.15) is 13.2 Å². The van der Waals surface area contributed by atoms with Crippen LogP contribution < -0.4 is 10.2 Å². The predicted octanol–water partition coefficient (Wildman–Crippen LogP) is 3.83. The lowest BCUT2D eigenvalue weighted by Crippen LogP contribution is -2.27. The molecular weight excluding hydrogens is 437 g/mol. The molecule has 0 bridgehead atoms. The zero-order valence-corrected chi connectivity index (χ0v) is 16.9. The fourth-order valence-corrected chi connectivity index (χ4v) is 3.94. The lowest BCUT2D eigenvalue weighted by Gasteiger charge is -2.15. The van der Waals surface area contributed by atoms with Gasteiger partial charge in [-0.3, -0.25) is 14.5 Å². The molecule has 5 nitrogen and oxygen atoms in total. The van der Waals surface area contributed by atoms with Crippen molar-refractivity contribution in [1.29, 1.82) is 0 Å². The normalized spacial score (nSPS) is 15.7. The van der Waals surface area contributed by atoms with Crippen LogP contribution in [0.5, 0.6) is 0 Å². The number of rotatable bonds is 5. The molecule has 10 heteroatoms. The fraction of sp³-hybridized carbons (Fsp3) is 0.150. The summed E-state index contributed by atoms with van der Waals surface area (Å²) in [6, 6.07) is 10.7. The molecule has 0 atom stereocenters. The number of halogens is 3. The first-order valence-corrected chi connectivity index (χ1v) is 9.87. The van der Waals surface area contributed by atoms with Gasteiger partial charge in [0.15, 0.2) is 4.32 Å². The van der Waals surface area contributed by atoms with Crippen molar-refractivity contribution < 1.29 is 27.9 Å². The summed E-state index contributed by atoms with van der Waals surface area (Å²) in [5.41, 5.74) is 0.500. The molecule has 1 aliphatic heterocycles. The molecule has 156 valence electrons. The molecular formula is C20H15F3N2O3S2. The quantitative estimate of drug-likeness (QED) is 0.533. The predicted molar refractivity (Wildman–Crippen MR) is 113 cm³/mol. The molecule has 0 unspecified atom stereocenters. The second-order valence-corrected chi connectivity index (χ2v) is 7.84. The number of alkyl halides is 3. The van der Waals surface area contributed by atoms with Crippen molar-refractivity contribution in [3.8, 4) is 0 Å². The van der Waals surface area contributed by atoms with Gasteiger partial charge in [0.05, 0.1) is 22.8 Å². The summed E-state index contributed by atoms with van der Waals surface area (Å²) in [6.07, 6.45) is -2.87. The highest BCUT2D eigenvalue weighted by atomic mass is 32.2. The highest BCUT2D eigenvalue weighted by Gasteiger charge is 2.35. The van der Waals surface area contributed by atoms with Crippen LogP contribution in [0.1, 0.15) is 21.5 Å². The third-order valence-corrected chi connectivity index (χ3v) is 5.42. The average molecular weight is 452 g/mol. The Bertz CT molecular complexity index is 1000. The van der Waals surface area contributed by atoms with Crippen molar-refractivity contribution in [1.82, 2.24) is 5.32 Å².